The predicted octanol–water partition coefficient (Wildman–Crippen LogP) is 2.47. The first kappa shape index (κ1) is 22.9. The van der Waals surface area contributed by atoms with Crippen LogP contribution < -0.4 is 4.90 Å². The van der Waals surface area contributed by atoms with Crippen LogP contribution in [0.3, 0.4) is 0 Å². The quantitative estimate of drug-likeness (QED) is 0.630. The summed E-state index contributed by atoms with van der Waals surface area (Å²) >= 11 is 0. The standard InChI is InChI=1S/C23H28N4O3S/c1-20(23(28)27(14-8-13-24)22-11-6-3-7-12-22)25-15-17-26(18-16-25)31(29,30)19-21-9-4-2-5-10-21/h2-7,9-12,20H,8,14-19H2,1H3/t20-/m0/s1. The molecule has 1 aliphatic rings. The molecule has 164 valence electrons. The SMILES string of the molecule is C[C@@H](C(=O)N(CCC#N)c1ccccc1)N1CCN(S(=O)(=O)Cc2ccccc2)CC1. The van der Waals surface area contributed by atoms with Gasteiger partial charge in [-0.1, -0.05) is 48.5 Å². The topological polar surface area (TPSA) is 84.7 Å². The van der Waals surface area contributed by atoms with Crippen molar-refractivity contribution in [1.82, 2.24) is 9.21 Å². The zero-order chi connectivity index (χ0) is 22.3. The number of carbonyl (C=O) groups excluding carboxylic acids is 1. The van der Waals surface area contributed by atoms with E-state index in [4.69, 9.17) is 5.26 Å². The van der Waals surface area contributed by atoms with E-state index in [0.717, 1.165) is 11.3 Å². The van der Waals surface area contributed by atoms with Crippen LogP contribution in [0.2, 0.25) is 0 Å². The second-order valence-corrected chi connectivity index (χ2v) is 9.56. The summed E-state index contributed by atoms with van der Waals surface area (Å²) < 4.78 is 27.1. The zero-order valence-corrected chi connectivity index (χ0v) is 18.5. The zero-order valence-electron chi connectivity index (χ0n) is 17.7. The van der Waals surface area contributed by atoms with Crippen LogP contribution >= 0.6 is 0 Å². The van der Waals surface area contributed by atoms with Gasteiger partial charge < -0.3 is 4.90 Å². The van der Waals surface area contributed by atoms with Crippen LogP contribution in [-0.2, 0) is 20.6 Å². The Kier molecular flexibility index (Phi) is 7.80. The predicted molar refractivity (Wildman–Crippen MR) is 121 cm³/mol. The molecule has 2 aromatic rings. The average Bonchev–Trinajstić information content (AvgIpc) is 2.80. The number of piperazine rings is 1. The molecule has 1 saturated heterocycles. The summed E-state index contributed by atoms with van der Waals surface area (Å²) in [6, 6.07) is 20.2. The molecule has 1 amide bonds. The maximum absolute atomic E-state index is 13.2. The van der Waals surface area contributed by atoms with Gasteiger partial charge in [0.1, 0.15) is 0 Å². The molecule has 0 N–H and O–H groups in total. The van der Waals surface area contributed by atoms with Crippen molar-refractivity contribution in [3.8, 4) is 6.07 Å². The fourth-order valence-corrected chi connectivity index (χ4v) is 5.28. The van der Waals surface area contributed by atoms with Gasteiger partial charge in [0.25, 0.3) is 0 Å². The molecule has 0 unspecified atom stereocenters. The molecule has 0 saturated carbocycles. The summed E-state index contributed by atoms with van der Waals surface area (Å²) in [5.74, 6) is -0.0970. The molecule has 8 heteroatoms. The minimum atomic E-state index is -3.40. The fourth-order valence-electron chi connectivity index (χ4n) is 3.76. The maximum Gasteiger partial charge on any atom is 0.244 e. The van der Waals surface area contributed by atoms with Crippen molar-refractivity contribution in [2.24, 2.45) is 0 Å². The third-order valence-electron chi connectivity index (χ3n) is 5.54. The molecule has 0 aliphatic carbocycles. The normalized spacial score (nSPS) is 16.4. The molecule has 1 aliphatic heterocycles. The van der Waals surface area contributed by atoms with Gasteiger partial charge in [-0.25, -0.2) is 8.42 Å². The van der Waals surface area contributed by atoms with Crippen LogP contribution in [0, 0.1) is 11.3 Å². The number of anilines is 1. The van der Waals surface area contributed by atoms with Gasteiger partial charge in [-0.15, -0.1) is 0 Å². The Hall–Kier alpha value is -2.73. The van der Waals surface area contributed by atoms with Gasteiger partial charge >= 0.3 is 0 Å². The number of sulfonamides is 1. The smallest absolute Gasteiger partial charge is 0.244 e. The van der Waals surface area contributed by atoms with Crippen LogP contribution in [0.4, 0.5) is 5.69 Å². The van der Waals surface area contributed by atoms with Crippen molar-refractivity contribution in [2.75, 3.05) is 37.6 Å². The summed E-state index contributed by atoms with van der Waals surface area (Å²) in [4.78, 5) is 16.9. The molecule has 0 aromatic heterocycles. The largest absolute Gasteiger partial charge is 0.310 e. The van der Waals surface area contributed by atoms with E-state index in [9.17, 15) is 13.2 Å². The van der Waals surface area contributed by atoms with Crippen molar-refractivity contribution in [3.05, 3.63) is 66.2 Å². The van der Waals surface area contributed by atoms with Crippen LogP contribution in [0.25, 0.3) is 0 Å². The van der Waals surface area contributed by atoms with E-state index in [1.54, 1.807) is 4.90 Å². The lowest BCUT2D eigenvalue weighted by molar-refractivity contribution is -0.123. The first-order chi connectivity index (χ1) is 14.9. The Balaban J connectivity index is 1.62. The molecule has 0 bridgehead atoms. The molecule has 2 aromatic carbocycles. The Morgan fingerprint density at radius 3 is 2.19 bits per heavy atom. The summed E-state index contributed by atoms with van der Waals surface area (Å²) in [6.07, 6.45) is 0.249. The van der Waals surface area contributed by atoms with Crippen molar-refractivity contribution in [1.29, 1.82) is 5.26 Å². The van der Waals surface area contributed by atoms with E-state index in [2.05, 4.69) is 6.07 Å². The lowest BCUT2D eigenvalue weighted by atomic mass is 10.2. The van der Waals surface area contributed by atoms with Crippen molar-refractivity contribution >= 4 is 21.6 Å². The van der Waals surface area contributed by atoms with Crippen LogP contribution in [0.15, 0.2) is 60.7 Å². The van der Waals surface area contributed by atoms with Gasteiger partial charge in [-0.2, -0.15) is 9.57 Å². The monoisotopic (exact) mass is 440 g/mol. The van der Waals surface area contributed by atoms with E-state index >= 15 is 0 Å². The van der Waals surface area contributed by atoms with E-state index < -0.39 is 16.1 Å². The highest BCUT2D eigenvalue weighted by Gasteiger charge is 2.32. The number of benzene rings is 2. The minimum absolute atomic E-state index is 0.0156. The lowest BCUT2D eigenvalue weighted by Crippen LogP contribution is -2.55. The second kappa shape index (κ2) is 10.5. The third-order valence-corrected chi connectivity index (χ3v) is 7.39. The first-order valence-electron chi connectivity index (χ1n) is 10.4. The molecule has 1 atom stereocenters. The third kappa shape index (κ3) is 5.91. The Morgan fingerprint density at radius 1 is 1.03 bits per heavy atom. The van der Waals surface area contributed by atoms with Gasteiger partial charge in [0.15, 0.2) is 0 Å². The highest BCUT2D eigenvalue weighted by molar-refractivity contribution is 7.88. The minimum Gasteiger partial charge on any atom is -0.310 e. The summed E-state index contributed by atoms with van der Waals surface area (Å²) in [5, 5.41) is 8.98. The fraction of sp³-hybridized carbons (Fsp3) is 0.391. The van der Waals surface area contributed by atoms with Crippen molar-refractivity contribution in [3.63, 3.8) is 0 Å². The van der Waals surface area contributed by atoms with Crippen molar-refractivity contribution < 1.29 is 13.2 Å². The number of nitrogens with zero attached hydrogens (tertiary/aromatic N) is 4. The molecule has 3 rings (SSSR count). The van der Waals surface area contributed by atoms with Crippen LogP contribution in [-0.4, -0.2) is 62.3 Å². The summed E-state index contributed by atoms with van der Waals surface area (Å²) in [7, 11) is -3.40. The van der Waals surface area contributed by atoms with Crippen molar-refractivity contribution in [2.45, 2.75) is 25.1 Å². The van der Waals surface area contributed by atoms with E-state index in [1.807, 2.05) is 72.5 Å². The number of hydrogen-bond donors (Lipinski definition) is 0. The molecule has 1 heterocycles. The van der Waals surface area contributed by atoms with Gasteiger partial charge in [0.2, 0.25) is 15.9 Å². The number of nitriles is 1. The van der Waals surface area contributed by atoms with Gasteiger partial charge in [0, 0.05) is 38.4 Å². The molecule has 7 nitrogen and oxygen atoms in total. The number of amides is 1. The van der Waals surface area contributed by atoms with E-state index in [-0.39, 0.29) is 18.1 Å². The van der Waals surface area contributed by atoms with Gasteiger partial charge in [-0.05, 0) is 24.6 Å². The number of hydrogen-bond acceptors (Lipinski definition) is 5. The molecule has 0 radical (unpaired) electrons. The van der Waals surface area contributed by atoms with Crippen LogP contribution in [0.1, 0.15) is 18.9 Å². The molecular formula is C23H28N4O3S. The Bertz CT molecular complexity index is 998. The molecule has 0 spiro atoms. The Morgan fingerprint density at radius 2 is 1.61 bits per heavy atom. The highest BCUT2D eigenvalue weighted by Crippen LogP contribution is 2.19. The second-order valence-electron chi connectivity index (χ2n) is 7.59. The maximum atomic E-state index is 13.2. The lowest BCUT2D eigenvalue weighted by Gasteiger charge is -2.38. The molecular weight excluding hydrogens is 412 g/mol. The van der Waals surface area contributed by atoms with Gasteiger partial charge in [-0.3, -0.25) is 9.69 Å². The highest BCUT2D eigenvalue weighted by atomic mass is 32.2. The average molecular weight is 441 g/mol. The first-order valence-corrected chi connectivity index (χ1v) is 12.0. The van der Waals surface area contributed by atoms with E-state index in [0.29, 0.717) is 32.7 Å². The molecule has 1 fully saturated rings. The van der Waals surface area contributed by atoms with Crippen LogP contribution in [0.5, 0.6) is 0 Å². The Labute approximate surface area is 184 Å². The number of rotatable bonds is 8. The summed E-state index contributed by atoms with van der Waals surface area (Å²) in [5.41, 5.74) is 1.53. The van der Waals surface area contributed by atoms with E-state index in [1.165, 1.54) is 4.31 Å². The van der Waals surface area contributed by atoms with Gasteiger partial charge in [0.05, 0.1) is 24.3 Å². The summed E-state index contributed by atoms with van der Waals surface area (Å²) in [6.45, 7) is 3.87. The molecule has 31 heavy (non-hydrogen) atoms. The number of carbonyl (C=O) groups is 1. The number of para-hydroxylation sites is 1.